The van der Waals surface area contributed by atoms with Crippen molar-refractivity contribution in [2.75, 3.05) is 25.0 Å². The maximum atomic E-state index is 13.2. The molecule has 0 spiro atoms. The lowest BCUT2D eigenvalue weighted by molar-refractivity contribution is -0.169. The molecule has 0 aliphatic carbocycles. The fourth-order valence-corrected chi connectivity index (χ4v) is 5.62. The molecule has 1 N–H and O–H groups in total. The van der Waals surface area contributed by atoms with Crippen LogP contribution in [0.1, 0.15) is 77.7 Å². The molecule has 4 rings (SSSR count). The zero-order valence-electron chi connectivity index (χ0n) is 31.0. The topological polar surface area (TPSA) is 137 Å². The third kappa shape index (κ3) is 13.3. The normalized spacial score (nSPS) is 14.2. The van der Waals surface area contributed by atoms with Crippen LogP contribution in [-0.2, 0) is 34.0 Å². The quantitative estimate of drug-likeness (QED) is 0.124. The van der Waals surface area contributed by atoms with E-state index < -0.39 is 35.9 Å². The lowest BCUT2D eigenvalue weighted by atomic mass is 10.1. The summed E-state index contributed by atoms with van der Waals surface area (Å²) in [4.78, 5) is 49.0. The van der Waals surface area contributed by atoms with E-state index in [1.807, 2.05) is 0 Å². The molecular weight excluding hydrogens is 738 g/mol. The van der Waals surface area contributed by atoms with E-state index in [-0.39, 0.29) is 24.7 Å². The summed E-state index contributed by atoms with van der Waals surface area (Å²) in [5, 5.41) is 1.75. The Bertz CT molecular complexity index is 1840. The second-order valence-corrected chi connectivity index (χ2v) is 13.8. The molecule has 0 atom stereocenters. The van der Waals surface area contributed by atoms with Gasteiger partial charge in [0, 0.05) is 63.1 Å². The van der Waals surface area contributed by atoms with Gasteiger partial charge in [-0.1, -0.05) is 25.7 Å². The summed E-state index contributed by atoms with van der Waals surface area (Å²) in [6, 6.07) is 7.06. The molecule has 0 saturated heterocycles. The van der Waals surface area contributed by atoms with Gasteiger partial charge < -0.3 is 23.2 Å². The first kappa shape index (κ1) is 42.6. The Morgan fingerprint density at radius 3 is 2.00 bits per heavy atom. The number of anilines is 1. The molecule has 0 fully saturated rings. The standard InChI is InChI=1S/C36H46F6N8O5/c1-34(2,3)55-33(53)50-21-10-16-43-28(50)26-12-14-27(15-13-26)54-25-11-20-49-24-23-48(32(49)46-30(52)36(40,41)42)19-9-7-5-4-6-8-18-47-22-17-44-31(47)45-29(51)35(37,38)39/h12-15,17,22-24H,4-11,16,18-21,25H2,1-3H3,(H,44,45,51). The summed E-state index contributed by atoms with van der Waals surface area (Å²) in [7, 11) is 0. The van der Waals surface area contributed by atoms with Crippen molar-refractivity contribution in [1.82, 2.24) is 23.6 Å². The van der Waals surface area contributed by atoms with Crippen molar-refractivity contribution in [1.29, 1.82) is 0 Å². The average molecular weight is 785 g/mol. The molecular formula is C36H46F6N8O5. The molecule has 19 heteroatoms. The van der Waals surface area contributed by atoms with Crippen molar-refractivity contribution in [3.05, 3.63) is 60.2 Å². The molecule has 1 aromatic carbocycles. The van der Waals surface area contributed by atoms with Crippen molar-refractivity contribution < 1.29 is 50.2 Å². The zero-order valence-corrected chi connectivity index (χ0v) is 31.0. The van der Waals surface area contributed by atoms with Crippen LogP contribution in [0.3, 0.4) is 0 Å². The Morgan fingerprint density at radius 1 is 0.800 bits per heavy atom. The van der Waals surface area contributed by atoms with E-state index >= 15 is 0 Å². The highest BCUT2D eigenvalue weighted by molar-refractivity contribution is 6.06. The largest absolute Gasteiger partial charge is 0.494 e. The van der Waals surface area contributed by atoms with Crippen molar-refractivity contribution in [2.45, 2.75) is 110 Å². The van der Waals surface area contributed by atoms with Gasteiger partial charge in [-0.3, -0.25) is 24.8 Å². The Labute approximate surface area is 314 Å². The number of carbonyl (C=O) groups excluding carboxylic acids is 3. The van der Waals surface area contributed by atoms with Crippen molar-refractivity contribution >= 4 is 29.7 Å². The summed E-state index contributed by atoms with van der Waals surface area (Å²) < 4.78 is 92.9. The van der Waals surface area contributed by atoms with Gasteiger partial charge >= 0.3 is 30.3 Å². The van der Waals surface area contributed by atoms with Gasteiger partial charge in [0.2, 0.25) is 11.6 Å². The molecule has 1 aliphatic heterocycles. The number of imidazole rings is 2. The fraction of sp³-hybridized carbons (Fsp3) is 0.556. The number of ether oxygens (including phenoxy) is 2. The van der Waals surface area contributed by atoms with Gasteiger partial charge in [0.1, 0.15) is 17.2 Å². The molecule has 0 saturated carbocycles. The smallest absolute Gasteiger partial charge is 0.473 e. The van der Waals surface area contributed by atoms with E-state index in [9.17, 15) is 40.7 Å². The van der Waals surface area contributed by atoms with Crippen LogP contribution < -0.4 is 15.7 Å². The maximum absolute atomic E-state index is 13.2. The number of amides is 3. The first-order valence-electron chi connectivity index (χ1n) is 18.0. The van der Waals surface area contributed by atoms with Gasteiger partial charge in [0.05, 0.1) is 6.61 Å². The summed E-state index contributed by atoms with van der Waals surface area (Å²) >= 11 is 0. The van der Waals surface area contributed by atoms with E-state index in [4.69, 9.17) is 9.47 Å². The Hall–Kier alpha value is -5.10. The number of benzene rings is 1. The zero-order chi connectivity index (χ0) is 40.2. The minimum atomic E-state index is -5.13. The van der Waals surface area contributed by atoms with E-state index in [1.54, 1.807) is 62.7 Å². The van der Waals surface area contributed by atoms with Crippen LogP contribution in [0.5, 0.6) is 5.75 Å². The number of halogens is 6. The summed E-state index contributed by atoms with van der Waals surface area (Å²) in [5.74, 6) is -3.43. The monoisotopic (exact) mass is 784 g/mol. The number of nitrogens with one attached hydrogen (secondary N) is 1. The number of unbranched alkanes of at least 4 members (excludes halogenated alkanes) is 5. The molecule has 55 heavy (non-hydrogen) atoms. The predicted molar refractivity (Wildman–Crippen MR) is 189 cm³/mol. The highest BCUT2D eigenvalue weighted by atomic mass is 19.4. The number of alkyl halides is 6. The lowest BCUT2D eigenvalue weighted by Gasteiger charge is -2.30. The molecule has 13 nitrogen and oxygen atoms in total. The van der Waals surface area contributed by atoms with E-state index in [0.717, 1.165) is 37.7 Å². The van der Waals surface area contributed by atoms with Gasteiger partial charge in [0.25, 0.3) is 0 Å². The number of amidine groups is 1. The summed E-state index contributed by atoms with van der Waals surface area (Å²) in [5.41, 5.74) is -0.0550. The number of nitrogens with zero attached hydrogens (tertiary/aromatic N) is 7. The van der Waals surface area contributed by atoms with Crippen molar-refractivity contribution in [2.24, 2.45) is 9.98 Å². The van der Waals surface area contributed by atoms with Crippen LogP contribution in [0.4, 0.5) is 37.1 Å². The molecule has 3 heterocycles. The van der Waals surface area contributed by atoms with E-state index in [1.165, 1.54) is 31.0 Å². The minimum absolute atomic E-state index is 0.122. The first-order chi connectivity index (χ1) is 25.9. The summed E-state index contributed by atoms with van der Waals surface area (Å²) in [6.45, 7) is 7.59. The van der Waals surface area contributed by atoms with Crippen LogP contribution in [-0.4, -0.2) is 85.0 Å². The van der Waals surface area contributed by atoms with Crippen LogP contribution in [0.25, 0.3) is 0 Å². The van der Waals surface area contributed by atoms with E-state index in [2.05, 4.69) is 15.0 Å². The second-order valence-electron chi connectivity index (χ2n) is 13.8. The second kappa shape index (κ2) is 19.0. The first-order valence-corrected chi connectivity index (χ1v) is 18.0. The van der Waals surface area contributed by atoms with Gasteiger partial charge in [-0.15, -0.1) is 0 Å². The highest BCUT2D eigenvalue weighted by Crippen LogP contribution is 2.21. The molecule has 302 valence electrons. The third-order valence-corrected chi connectivity index (χ3v) is 8.23. The molecule has 0 radical (unpaired) electrons. The van der Waals surface area contributed by atoms with Crippen molar-refractivity contribution in [3.63, 3.8) is 0 Å². The number of aryl methyl sites for hydroxylation is 3. The fourth-order valence-electron chi connectivity index (χ4n) is 5.62. The molecule has 3 aromatic rings. The maximum Gasteiger partial charge on any atom is 0.473 e. The molecule has 3 amide bonds. The van der Waals surface area contributed by atoms with E-state index in [0.29, 0.717) is 57.0 Å². The Balaban J connectivity index is 1.24. The molecule has 0 bridgehead atoms. The Kier molecular flexibility index (Phi) is 14.7. The third-order valence-electron chi connectivity index (χ3n) is 8.23. The highest BCUT2D eigenvalue weighted by Gasteiger charge is 2.40. The van der Waals surface area contributed by atoms with Gasteiger partial charge in [-0.25, -0.2) is 9.78 Å². The number of hydrogen-bond donors (Lipinski definition) is 1. The van der Waals surface area contributed by atoms with Crippen LogP contribution in [0.15, 0.2) is 59.0 Å². The van der Waals surface area contributed by atoms with Gasteiger partial charge in [-0.2, -0.15) is 31.3 Å². The minimum Gasteiger partial charge on any atom is -0.494 e. The number of rotatable bonds is 16. The van der Waals surface area contributed by atoms with Crippen LogP contribution >= 0.6 is 0 Å². The number of aliphatic imine (C=N–C) groups is 1. The van der Waals surface area contributed by atoms with Crippen LogP contribution in [0.2, 0.25) is 0 Å². The predicted octanol–water partition coefficient (Wildman–Crippen LogP) is 6.87. The lowest BCUT2D eigenvalue weighted by Crippen LogP contribution is -2.44. The van der Waals surface area contributed by atoms with Gasteiger partial charge in [0.15, 0.2) is 0 Å². The number of aromatic nitrogens is 4. The SMILES string of the molecule is CC(C)(C)OC(=O)N1CCCN=C1c1ccc(OCCCn2ccn(CCCCCCCCn3ccnc3NC(=O)C(F)(F)F)c2=NC(=O)C(F)(F)F)cc1. The number of carbonyl (C=O) groups is 3. The molecule has 0 unspecified atom stereocenters. The summed E-state index contributed by atoms with van der Waals surface area (Å²) in [6.07, 6.45) is 0.743. The Morgan fingerprint density at radius 2 is 1.40 bits per heavy atom. The van der Waals surface area contributed by atoms with Crippen LogP contribution in [0, 0.1) is 0 Å². The molecule has 2 aromatic heterocycles. The molecule has 1 aliphatic rings. The number of hydrogen-bond acceptors (Lipinski definition) is 7. The van der Waals surface area contributed by atoms with Crippen molar-refractivity contribution in [3.8, 4) is 5.75 Å². The van der Waals surface area contributed by atoms with Gasteiger partial charge in [-0.05, 0) is 70.7 Å². The average Bonchev–Trinajstić information content (AvgIpc) is 3.72.